The average Bonchev–Trinajstić information content (AvgIpc) is 2.37. The highest BCUT2D eigenvalue weighted by Crippen LogP contribution is 2.19. The number of rotatable bonds is 4. The van der Waals surface area contributed by atoms with E-state index in [1.165, 1.54) is 31.5 Å². The van der Waals surface area contributed by atoms with E-state index in [1.54, 1.807) is 0 Å². The lowest BCUT2D eigenvalue weighted by Gasteiger charge is -2.35. The lowest BCUT2D eigenvalue weighted by molar-refractivity contribution is 0.423. The molecule has 2 rings (SSSR count). The molecule has 1 saturated heterocycles. The Kier molecular flexibility index (Phi) is 4.37. The summed E-state index contributed by atoms with van der Waals surface area (Å²) in [6.07, 6.45) is 5.71. The Balaban J connectivity index is 1.97. The summed E-state index contributed by atoms with van der Waals surface area (Å²) in [5.41, 5.74) is 2.42. The Bertz CT molecular complexity index is 351. The average molecular weight is 233 g/mol. The van der Waals surface area contributed by atoms with Gasteiger partial charge in [0.2, 0.25) is 0 Å². The number of aromatic nitrogens is 1. The molecule has 3 heteroatoms. The van der Waals surface area contributed by atoms with E-state index in [0.717, 1.165) is 18.8 Å². The van der Waals surface area contributed by atoms with E-state index >= 15 is 0 Å². The number of nitrogens with zero attached hydrogens (tertiary/aromatic N) is 2. The number of anilines is 1. The van der Waals surface area contributed by atoms with E-state index in [1.807, 2.05) is 6.20 Å². The Morgan fingerprint density at radius 2 is 2.41 bits per heavy atom. The lowest BCUT2D eigenvalue weighted by atomic mass is 10.0. The van der Waals surface area contributed by atoms with Crippen LogP contribution in [-0.2, 0) is 0 Å². The maximum Gasteiger partial charge on any atom is 0.0400 e. The van der Waals surface area contributed by atoms with Gasteiger partial charge in [0.15, 0.2) is 0 Å². The minimum atomic E-state index is 0.650. The van der Waals surface area contributed by atoms with Crippen LogP contribution >= 0.6 is 0 Å². The van der Waals surface area contributed by atoms with Crippen molar-refractivity contribution in [3.63, 3.8) is 0 Å². The van der Waals surface area contributed by atoms with Crippen LogP contribution in [0.2, 0.25) is 0 Å². The van der Waals surface area contributed by atoms with Crippen molar-refractivity contribution in [3.05, 3.63) is 24.0 Å². The van der Waals surface area contributed by atoms with Gasteiger partial charge in [-0.2, -0.15) is 0 Å². The van der Waals surface area contributed by atoms with Gasteiger partial charge in [0.25, 0.3) is 0 Å². The molecule has 2 heterocycles. The fourth-order valence-electron chi connectivity index (χ4n) is 2.45. The SMILES string of the molecule is CCCNC1CCCN(c2ccnc(C)c2)C1. The van der Waals surface area contributed by atoms with E-state index in [-0.39, 0.29) is 0 Å². The van der Waals surface area contributed by atoms with Crippen LogP contribution in [0.4, 0.5) is 5.69 Å². The second-order valence-corrected chi connectivity index (χ2v) is 4.89. The van der Waals surface area contributed by atoms with Crippen molar-refractivity contribution in [2.24, 2.45) is 0 Å². The number of pyridine rings is 1. The van der Waals surface area contributed by atoms with Crippen molar-refractivity contribution >= 4 is 5.69 Å². The molecule has 1 aromatic heterocycles. The first-order valence-corrected chi connectivity index (χ1v) is 6.70. The minimum absolute atomic E-state index is 0.650. The zero-order valence-corrected chi connectivity index (χ0v) is 10.9. The van der Waals surface area contributed by atoms with E-state index in [9.17, 15) is 0 Å². The van der Waals surface area contributed by atoms with Crippen LogP contribution in [0.5, 0.6) is 0 Å². The van der Waals surface area contributed by atoms with Crippen LogP contribution in [0.25, 0.3) is 0 Å². The Hall–Kier alpha value is -1.09. The monoisotopic (exact) mass is 233 g/mol. The van der Waals surface area contributed by atoms with E-state index in [0.29, 0.717) is 6.04 Å². The second-order valence-electron chi connectivity index (χ2n) is 4.89. The molecular formula is C14H23N3. The number of aryl methyl sites for hydroxylation is 1. The molecule has 0 bridgehead atoms. The molecule has 0 aromatic carbocycles. The molecule has 94 valence electrons. The number of nitrogens with one attached hydrogen (secondary N) is 1. The standard InChI is InChI=1S/C14H23N3/c1-3-7-16-13-5-4-9-17(11-13)14-6-8-15-12(2)10-14/h6,8,10,13,16H,3-5,7,9,11H2,1-2H3. The maximum atomic E-state index is 4.26. The van der Waals surface area contributed by atoms with Gasteiger partial charge in [-0.05, 0) is 44.9 Å². The van der Waals surface area contributed by atoms with Crippen LogP contribution < -0.4 is 10.2 Å². The summed E-state index contributed by atoms with van der Waals surface area (Å²) in [6, 6.07) is 4.95. The summed E-state index contributed by atoms with van der Waals surface area (Å²) >= 11 is 0. The quantitative estimate of drug-likeness (QED) is 0.865. The van der Waals surface area contributed by atoms with Crippen LogP contribution in [0.15, 0.2) is 18.3 Å². The minimum Gasteiger partial charge on any atom is -0.370 e. The molecule has 3 nitrogen and oxygen atoms in total. The van der Waals surface area contributed by atoms with E-state index in [2.05, 4.69) is 41.2 Å². The third kappa shape index (κ3) is 3.43. The summed E-state index contributed by atoms with van der Waals surface area (Å²) in [7, 11) is 0. The lowest BCUT2D eigenvalue weighted by Crippen LogP contribution is -2.46. The predicted molar refractivity (Wildman–Crippen MR) is 72.5 cm³/mol. The third-order valence-corrected chi connectivity index (χ3v) is 3.35. The summed E-state index contributed by atoms with van der Waals surface area (Å²) in [5.74, 6) is 0. The van der Waals surface area contributed by atoms with Crippen LogP contribution in [0.1, 0.15) is 31.9 Å². The van der Waals surface area contributed by atoms with Crippen molar-refractivity contribution in [1.29, 1.82) is 0 Å². The fourth-order valence-corrected chi connectivity index (χ4v) is 2.45. The van der Waals surface area contributed by atoms with Crippen molar-refractivity contribution in [1.82, 2.24) is 10.3 Å². The van der Waals surface area contributed by atoms with Gasteiger partial charge in [0.05, 0.1) is 0 Å². The molecule has 0 amide bonds. The van der Waals surface area contributed by atoms with Gasteiger partial charge >= 0.3 is 0 Å². The highest BCUT2D eigenvalue weighted by Gasteiger charge is 2.19. The highest BCUT2D eigenvalue weighted by atomic mass is 15.2. The van der Waals surface area contributed by atoms with Gasteiger partial charge in [-0.25, -0.2) is 0 Å². The molecule has 0 aliphatic carbocycles. The highest BCUT2D eigenvalue weighted by molar-refractivity contribution is 5.46. The molecule has 1 N–H and O–H groups in total. The van der Waals surface area contributed by atoms with Crippen LogP contribution in [0, 0.1) is 6.92 Å². The molecule has 0 radical (unpaired) electrons. The van der Waals surface area contributed by atoms with Gasteiger partial charge in [-0.3, -0.25) is 4.98 Å². The van der Waals surface area contributed by atoms with Crippen molar-refractivity contribution in [3.8, 4) is 0 Å². The number of hydrogen-bond acceptors (Lipinski definition) is 3. The van der Waals surface area contributed by atoms with Crippen LogP contribution in [-0.4, -0.2) is 30.7 Å². The first kappa shape index (κ1) is 12.4. The summed E-state index contributed by atoms with van der Waals surface area (Å²) in [6.45, 7) is 7.71. The van der Waals surface area contributed by atoms with Crippen LogP contribution in [0.3, 0.4) is 0 Å². The maximum absolute atomic E-state index is 4.26. The Labute approximate surface area is 104 Å². The van der Waals surface area contributed by atoms with Gasteiger partial charge in [0, 0.05) is 36.7 Å². The van der Waals surface area contributed by atoms with Crippen molar-refractivity contribution < 1.29 is 0 Å². The van der Waals surface area contributed by atoms with Gasteiger partial charge < -0.3 is 10.2 Å². The molecule has 1 aromatic rings. The summed E-state index contributed by atoms with van der Waals surface area (Å²) in [4.78, 5) is 6.74. The normalized spacial score (nSPS) is 20.6. The van der Waals surface area contributed by atoms with Gasteiger partial charge in [-0.15, -0.1) is 0 Å². The molecule has 1 aliphatic heterocycles. The van der Waals surface area contributed by atoms with E-state index in [4.69, 9.17) is 0 Å². The van der Waals surface area contributed by atoms with E-state index < -0.39 is 0 Å². The van der Waals surface area contributed by atoms with Gasteiger partial charge in [0.1, 0.15) is 0 Å². The van der Waals surface area contributed by atoms with Crippen molar-refractivity contribution in [2.45, 2.75) is 39.2 Å². The predicted octanol–water partition coefficient (Wildman–Crippen LogP) is 2.36. The zero-order chi connectivity index (χ0) is 12.1. The fraction of sp³-hybridized carbons (Fsp3) is 0.643. The third-order valence-electron chi connectivity index (χ3n) is 3.35. The van der Waals surface area contributed by atoms with Crippen molar-refractivity contribution in [2.75, 3.05) is 24.5 Å². The molecule has 1 atom stereocenters. The molecule has 1 fully saturated rings. The first-order valence-electron chi connectivity index (χ1n) is 6.70. The second kappa shape index (κ2) is 6.01. The number of piperidine rings is 1. The zero-order valence-electron chi connectivity index (χ0n) is 10.9. The summed E-state index contributed by atoms with van der Waals surface area (Å²) < 4.78 is 0. The Morgan fingerprint density at radius 1 is 1.53 bits per heavy atom. The molecular weight excluding hydrogens is 210 g/mol. The molecule has 0 spiro atoms. The summed E-state index contributed by atoms with van der Waals surface area (Å²) in [5, 5.41) is 3.63. The van der Waals surface area contributed by atoms with Gasteiger partial charge in [-0.1, -0.05) is 6.92 Å². The molecule has 1 unspecified atom stereocenters. The Morgan fingerprint density at radius 3 is 3.18 bits per heavy atom. The molecule has 1 aliphatic rings. The largest absolute Gasteiger partial charge is 0.370 e. The molecule has 0 saturated carbocycles. The smallest absolute Gasteiger partial charge is 0.0400 e. The molecule has 17 heavy (non-hydrogen) atoms. The first-order chi connectivity index (χ1) is 8.29. The number of hydrogen-bond donors (Lipinski definition) is 1. The topological polar surface area (TPSA) is 28.2 Å².